The van der Waals surface area contributed by atoms with Crippen molar-refractivity contribution in [2.24, 2.45) is 16.8 Å². The van der Waals surface area contributed by atoms with Crippen LogP contribution in [0.5, 0.6) is 11.5 Å². The van der Waals surface area contributed by atoms with Gasteiger partial charge in [0.05, 0.1) is 13.7 Å². The Kier molecular flexibility index (Phi) is 5.30. The smallest absolute Gasteiger partial charge is 0.170 e. The van der Waals surface area contributed by atoms with E-state index in [1.54, 1.807) is 25.3 Å². The van der Waals surface area contributed by atoms with Crippen LogP contribution in [-0.2, 0) is 0 Å². The van der Waals surface area contributed by atoms with Crippen molar-refractivity contribution in [3.8, 4) is 11.5 Å². The number of nitrogens with zero attached hydrogens (tertiary/aromatic N) is 1. The summed E-state index contributed by atoms with van der Waals surface area (Å²) in [7, 11) is 1.56. The van der Waals surface area contributed by atoms with Gasteiger partial charge in [-0.15, -0.1) is 0 Å². The summed E-state index contributed by atoms with van der Waals surface area (Å²) in [6.45, 7) is 4.85. The molecule has 1 rings (SSSR count). The second kappa shape index (κ2) is 6.74. The molecule has 0 radical (unpaired) electrons. The Labute approximate surface area is 107 Å². The topological polar surface area (TPSA) is 77.1 Å². The molecule has 100 valence electrons. The fraction of sp³-hybridized carbons (Fsp3) is 0.462. The van der Waals surface area contributed by atoms with E-state index in [9.17, 15) is 0 Å². The molecule has 0 fully saturated rings. The van der Waals surface area contributed by atoms with Crippen molar-refractivity contribution in [1.29, 1.82) is 0 Å². The molecule has 1 aromatic carbocycles. The predicted octanol–water partition coefficient (Wildman–Crippen LogP) is 2.21. The molecule has 0 aromatic heterocycles. The third-order valence-electron chi connectivity index (χ3n) is 2.75. The maximum atomic E-state index is 8.68. The zero-order valence-electron chi connectivity index (χ0n) is 11.0. The summed E-state index contributed by atoms with van der Waals surface area (Å²) in [5.41, 5.74) is 6.12. The van der Waals surface area contributed by atoms with Crippen LogP contribution in [0, 0.1) is 5.92 Å². The Morgan fingerprint density at radius 3 is 2.61 bits per heavy atom. The van der Waals surface area contributed by atoms with Crippen molar-refractivity contribution >= 4 is 5.84 Å². The van der Waals surface area contributed by atoms with Crippen molar-refractivity contribution in [3.05, 3.63) is 23.8 Å². The Balaban J connectivity index is 2.90. The third-order valence-corrected chi connectivity index (χ3v) is 2.75. The number of benzene rings is 1. The Hall–Kier alpha value is -1.91. The van der Waals surface area contributed by atoms with Gasteiger partial charge in [-0.25, -0.2) is 0 Å². The largest absolute Gasteiger partial charge is 0.497 e. The first-order valence-corrected chi connectivity index (χ1v) is 5.90. The number of hydrogen-bond acceptors (Lipinski definition) is 4. The highest BCUT2D eigenvalue weighted by molar-refractivity contribution is 5.97. The van der Waals surface area contributed by atoms with Gasteiger partial charge < -0.3 is 20.4 Å². The fourth-order valence-electron chi connectivity index (χ4n) is 1.33. The van der Waals surface area contributed by atoms with E-state index in [2.05, 4.69) is 19.0 Å². The molecule has 1 atom stereocenters. The van der Waals surface area contributed by atoms with Crippen LogP contribution in [-0.4, -0.2) is 24.8 Å². The molecule has 0 bridgehead atoms. The van der Waals surface area contributed by atoms with Crippen LogP contribution >= 0.6 is 0 Å². The fourth-order valence-corrected chi connectivity index (χ4v) is 1.33. The molecule has 5 heteroatoms. The summed E-state index contributed by atoms with van der Waals surface area (Å²) in [6.07, 6.45) is 1.05. The predicted molar refractivity (Wildman–Crippen MR) is 70.5 cm³/mol. The molecule has 0 saturated heterocycles. The number of nitrogens with two attached hydrogens (primary N) is 1. The number of amidine groups is 1. The highest BCUT2D eigenvalue weighted by atomic mass is 16.5. The Morgan fingerprint density at radius 1 is 1.39 bits per heavy atom. The number of hydrogen-bond donors (Lipinski definition) is 2. The van der Waals surface area contributed by atoms with E-state index in [4.69, 9.17) is 20.4 Å². The first-order valence-electron chi connectivity index (χ1n) is 5.90. The van der Waals surface area contributed by atoms with Crippen LogP contribution in [0.1, 0.15) is 25.8 Å². The van der Waals surface area contributed by atoms with Gasteiger partial charge in [0.2, 0.25) is 0 Å². The number of rotatable bonds is 6. The van der Waals surface area contributed by atoms with Crippen LogP contribution in [0.25, 0.3) is 0 Å². The average Bonchev–Trinajstić information content (AvgIpc) is 2.43. The summed E-state index contributed by atoms with van der Waals surface area (Å²) in [4.78, 5) is 0. The maximum absolute atomic E-state index is 8.68. The van der Waals surface area contributed by atoms with E-state index in [-0.39, 0.29) is 5.84 Å². The third kappa shape index (κ3) is 3.84. The van der Waals surface area contributed by atoms with Crippen molar-refractivity contribution < 1.29 is 14.7 Å². The summed E-state index contributed by atoms with van der Waals surface area (Å²) >= 11 is 0. The number of methoxy groups -OCH3 is 1. The minimum atomic E-state index is 0.0299. The lowest BCUT2D eigenvalue weighted by Crippen LogP contribution is -2.14. The van der Waals surface area contributed by atoms with Gasteiger partial charge in [0.25, 0.3) is 0 Å². The zero-order valence-corrected chi connectivity index (χ0v) is 11.0. The molecule has 18 heavy (non-hydrogen) atoms. The molecule has 0 aliphatic carbocycles. The van der Waals surface area contributed by atoms with Crippen molar-refractivity contribution in [2.75, 3.05) is 13.7 Å². The van der Waals surface area contributed by atoms with Gasteiger partial charge in [0.1, 0.15) is 11.5 Å². The molecule has 3 N–H and O–H groups in total. The molecule has 0 saturated carbocycles. The van der Waals surface area contributed by atoms with Crippen LogP contribution in [0.15, 0.2) is 23.4 Å². The molecule has 0 amide bonds. The quantitative estimate of drug-likeness (QED) is 0.352. The lowest BCUT2D eigenvalue weighted by molar-refractivity contribution is 0.255. The van der Waals surface area contributed by atoms with Crippen LogP contribution in [0.3, 0.4) is 0 Å². The second-order valence-corrected chi connectivity index (χ2v) is 4.21. The van der Waals surface area contributed by atoms with Gasteiger partial charge in [-0.2, -0.15) is 0 Å². The highest BCUT2D eigenvalue weighted by Crippen LogP contribution is 2.23. The summed E-state index contributed by atoms with van der Waals surface area (Å²) in [5, 5.41) is 11.7. The summed E-state index contributed by atoms with van der Waals surface area (Å²) < 4.78 is 10.8. The summed E-state index contributed by atoms with van der Waals surface area (Å²) in [5.74, 6) is 1.76. The van der Waals surface area contributed by atoms with Gasteiger partial charge in [0.15, 0.2) is 5.84 Å². The van der Waals surface area contributed by atoms with E-state index in [1.165, 1.54) is 0 Å². The Morgan fingerprint density at radius 2 is 2.06 bits per heavy atom. The number of oxime groups is 1. The second-order valence-electron chi connectivity index (χ2n) is 4.21. The van der Waals surface area contributed by atoms with Gasteiger partial charge in [-0.3, -0.25) is 0 Å². The molecule has 0 spiro atoms. The summed E-state index contributed by atoms with van der Waals surface area (Å²) in [6, 6.07) is 5.18. The molecular formula is C13H20N2O3. The maximum Gasteiger partial charge on any atom is 0.170 e. The lowest BCUT2D eigenvalue weighted by Gasteiger charge is -2.13. The molecular weight excluding hydrogens is 232 g/mol. The highest BCUT2D eigenvalue weighted by Gasteiger charge is 2.07. The van der Waals surface area contributed by atoms with Gasteiger partial charge in [-0.05, 0) is 18.1 Å². The molecule has 0 aliphatic rings. The minimum absolute atomic E-state index is 0.0299. The van der Waals surface area contributed by atoms with E-state index in [0.29, 0.717) is 29.6 Å². The molecule has 5 nitrogen and oxygen atoms in total. The first-order chi connectivity index (χ1) is 8.60. The molecule has 0 heterocycles. The van der Waals surface area contributed by atoms with Crippen LogP contribution in [0.2, 0.25) is 0 Å². The van der Waals surface area contributed by atoms with Crippen molar-refractivity contribution in [1.82, 2.24) is 0 Å². The number of ether oxygens (including phenoxy) is 2. The van der Waals surface area contributed by atoms with E-state index in [0.717, 1.165) is 6.42 Å². The Bertz CT molecular complexity index is 419. The lowest BCUT2D eigenvalue weighted by atomic mass is 10.1. The van der Waals surface area contributed by atoms with Crippen molar-refractivity contribution in [2.45, 2.75) is 20.3 Å². The van der Waals surface area contributed by atoms with E-state index >= 15 is 0 Å². The average molecular weight is 252 g/mol. The normalized spacial score (nSPS) is 13.2. The first kappa shape index (κ1) is 14.2. The zero-order chi connectivity index (χ0) is 13.5. The van der Waals surface area contributed by atoms with Crippen molar-refractivity contribution in [3.63, 3.8) is 0 Å². The minimum Gasteiger partial charge on any atom is -0.497 e. The molecule has 1 unspecified atom stereocenters. The van der Waals surface area contributed by atoms with E-state index in [1.807, 2.05) is 0 Å². The molecule has 0 aliphatic heterocycles. The monoisotopic (exact) mass is 252 g/mol. The van der Waals surface area contributed by atoms with Crippen LogP contribution in [0.4, 0.5) is 0 Å². The molecule has 1 aromatic rings. The van der Waals surface area contributed by atoms with Crippen LogP contribution < -0.4 is 15.2 Å². The van der Waals surface area contributed by atoms with Gasteiger partial charge in [0, 0.05) is 11.6 Å². The SMILES string of the molecule is CCC(C)COc1cc(OC)cc(/C(N)=N/O)c1. The standard InChI is InChI=1S/C13H20N2O3/c1-4-9(2)8-18-12-6-10(13(14)15-16)5-11(7-12)17-3/h5-7,9,16H,4,8H2,1-3H3,(H2,14,15). The van der Waals surface area contributed by atoms with Gasteiger partial charge >= 0.3 is 0 Å². The van der Waals surface area contributed by atoms with Gasteiger partial charge in [-0.1, -0.05) is 25.4 Å². The van der Waals surface area contributed by atoms with E-state index < -0.39 is 0 Å².